The van der Waals surface area contributed by atoms with Gasteiger partial charge in [-0.2, -0.15) is 0 Å². The van der Waals surface area contributed by atoms with E-state index in [1.54, 1.807) is 0 Å². The average molecular weight is 501 g/mol. The van der Waals surface area contributed by atoms with Gasteiger partial charge in [0.25, 0.3) is 0 Å². The lowest BCUT2D eigenvalue weighted by molar-refractivity contribution is -0.165. The summed E-state index contributed by atoms with van der Waals surface area (Å²) in [6, 6.07) is 10.4. The third-order valence-electron chi connectivity index (χ3n) is 8.62. The van der Waals surface area contributed by atoms with Crippen LogP contribution in [0.4, 0.5) is 0 Å². The molecule has 3 aliphatic rings. The van der Waals surface area contributed by atoms with Crippen LogP contribution < -0.4 is 0 Å². The van der Waals surface area contributed by atoms with E-state index in [0.29, 0.717) is 13.1 Å². The summed E-state index contributed by atoms with van der Waals surface area (Å²) in [5.41, 5.74) is 0.704. The van der Waals surface area contributed by atoms with Gasteiger partial charge in [0.2, 0.25) is 5.91 Å². The van der Waals surface area contributed by atoms with Crippen LogP contribution in [0, 0.1) is 11.3 Å². The smallest absolute Gasteiger partial charge is 0.312 e. The molecule has 0 bridgehead atoms. The molecule has 1 aliphatic carbocycles. The molecule has 4 rings (SSSR count). The standard InChI is InChI=1S/C29H44N2O5/c32-25-13-18-31(27(34)24-11-5-2-6-12-24)17-8-7-14-29(28(35)36-22-26(25)33)15-19-30(20-16-29)21-23-9-3-1-4-10-23/h1,3-4,9-10,24-26,32-33H,2,5-8,11-22H2/t25-,26+/m0/s1. The fraction of sp³-hybridized carbons (Fsp3) is 0.724. The van der Waals surface area contributed by atoms with E-state index >= 15 is 0 Å². The number of amides is 1. The maximum Gasteiger partial charge on any atom is 0.312 e. The maximum atomic E-state index is 13.3. The summed E-state index contributed by atoms with van der Waals surface area (Å²) >= 11 is 0. The number of hydrogen-bond acceptors (Lipinski definition) is 6. The van der Waals surface area contributed by atoms with Crippen molar-refractivity contribution in [3.05, 3.63) is 35.9 Å². The molecule has 36 heavy (non-hydrogen) atoms. The van der Waals surface area contributed by atoms with Gasteiger partial charge in [-0.3, -0.25) is 14.5 Å². The molecule has 7 heteroatoms. The predicted octanol–water partition coefficient (Wildman–Crippen LogP) is 3.52. The van der Waals surface area contributed by atoms with Crippen molar-refractivity contribution in [2.45, 2.75) is 89.4 Å². The highest BCUT2D eigenvalue weighted by Gasteiger charge is 2.42. The summed E-state index contributed by atoms with van der Waals surface area (Å²) < 4.78 is 5.61. The van der Waals surface area contributed by atoms with Crippen LogP contribution in [0.5, 0.6) is 0 Å². The normalized spacial score (nSPS) is 27.5. The second-order valence-electron chi connectivity index (χ2n) is 11.2. The van der Waals surface area contributed by atoms with Crippen molar-refractivity contribution < 1.29 is 24.5 Å². The number of carbonyl (C=O) groups excluding carboxylic acids is 2. The first kappa shape index (κ1) is 27.1. The van der Waals surface area contributed by atoms with Crippen molar-refractivity contribution in [2.75, 3.05) is 32.8 Å². The third kappa shape index (κ3) is 7.08. The summed E-state index contributed by atoms with van der Waals surface area (Å²) in [7, 11) is 0. The molecule has 2 aliphatic heterocycles. The van der Waals surface area contributed by atoms with E-state index in [9.17, 15) is 19.8 Å². The first-order valence-corrected chi connectivity index (χ1v) is 14.1. The van der Waals surface area contributed by atoms with Gasteiger partial charge in [0.1, 0.15) is 12.7 Å². The van der Waals surface area contributed by atoms with Crippen molar-refractivity contribution in [2.24, 2.45) is 11.3 Å². The minimum atomic E-state index is -1.14. The van der Waals surface area contributed by atoms with E-state index in [1.165, 1.54) is 12.0 Å². The van der Waals surface area contributed by atoms with Gasteiger partial charge >= 0.3 is 5.97 Å². The number of rotatable bonds is 3. The highest BCUT2D eigenvalue weighted by atomic mass is 16.5. The van der Waals surface area contributed by atoms with Crippen LogP contribution in [-0.2, 0) is 20.9 Å². The zero-order chi connectivity index (χ0) is 25.4. The van der Waals surface area contributed by atoms with E-state index in [4.69, 9.17) is 4.74 Å². The van der Waals surface area contributed by atoms with E-state index in [1.807, 2.05) is 11.0 Å². The number of nitrogens with zero attached hydrogens (tertiary/aromatic N) is 2. The topological polar surface area (TPSA) is 90.3 Å². The molecule has 3 fully saturated rings. The third-order valence-corrected chi connectivity index (χ3v) is 8.62. The Bertz CT molecular complexity index is 833. The van der Waals surface area contributed by atoms with Gasteiger partial charge < -0.3 is 19.8 Å². The molecule has 2 N–H and O–H groups in total. The molecule has 2 heterocycles. The summed E-state index contributed by atoms with van der Waals surface area (Å²) in [4.78, 5) is 30.8. The van der Waals surface area contributed by atoms with E-state index in [-0.39, 0.29) is 30.8 Å². The number of hydrogen-bond donors (Lipinski definition) is 2. The van der Waals surface area contributed by atoms with Gasteiger partial charge in [-0.1, -0.05) is 56.0 Å². The van der Waals surface area contributed by atoms with Crippen LogP contribution in [0.25, 0.3) is 0 Å². The monoisotopic (exact) mass is 500 g/mol. The number of aliphatic hydroxyl groups excluding tert-OH is 2. The van der Waals surface area contributed by atoms with E-state index in [2.05, 4.69) is 29.2 Å². The molecule has 200 valence electrons. The molecule has 0 aromatic heterocycles. The Morgan fingerprint density at radius 1 is 0.861 bits per heavy atom. The zero-order valence-electron chi connectivity index (χ0n) is 21.7. The minimum Gasteiger partial charge on any atom is -0.462 e. The number of ether oxygens (including phenoxy) is 1. The fourth-order valence-electron chi connectivity index (χ4n) is 6.15. The molecule has 1 spiro atoms. The second kappa shape index (κ2) is 13.0. The Morgan fingerprint density at radius 3 is 2.31 bits per heavy atom. The Kier molecular flexibility index (Phi) is 9.80. The summed E-state index contributed by atoms with van der Waals surface area (Å²) in [5, 5.41) is 21.0. The van der Waals surface area contributed by atoms with Gasteiger partial charge in [-0.05, 0) is 63.6 Å². The Hall–Kier alpha value is -1.96. The zero-order valence-corrected chi connectivity index (χ0v) is 21.7. The summed E-state index contributed by atoms with van der Waals surface area (Å²) in [5.74, 6) is 0.0340. The lowest BCUT2D eigenvalue weighted by atomic mass is 9.74. The molecule has 1 amide bonds. The highest BCUT2D eigenvalue weighted by molar-refractivity contribution is 5.79. The second-order valence-corrected chi connectivity index (χ2v) is 11.2. The number of aliphatic hydroxyl groups is 2. The van der Waals surface area contributed by atoms with Gasteiger partial charge in [-0.25, -0.2) is 0 Å². The largest absolute Gasteiger partial charge is 0.462 e. The molecule has 0 unspecified atom stereocenters. The number of benzene rings is 1. The fourth-order valence-corrected chi connectivity index (χ4v) is 6.15. The van der Waals surface area contributed by atoms with Crippen molar-refractivity contribution in [1.29, 1.82) is 0 Å². The molecule has 2 atom stereocenters. The first-order valence-electron chi connectivity index (χ1n) is 14.1. The molecule has 7 nitrogen and oxygen atoms in total. The average Bonchev–Trinajstić information content (AvgIpc) is 2.92. The number of likely N-dealkylation sites (tertiary alicyclic amines) is 1. The molecule has 1 saturated carbocycles. The number of esters is 1. The number of carbonyl (C=O) groups is 2. The Labute approximate surface area is 215 Å². The SMILES string of the molecule is O=C(C1CCCCC1)N1CCCCC2(CCN(Cc3ccccc3)CC2)C(=O)OC[C@@H](O)[C@@H](O)CC1. The summed E-state index contributed by atoms with van der Waals surface area (Å²) in [6.07, 6.45) is 7.30. The number of piperidine rings is 1. The molecule has 1 aromatic carbocycles. The quantitative estimate of drug-likeness (QED) is 0.618. The van der Waals surface area contributed by atoms with Crippen molar-refractivity contribution in [1.82, 2.24) is 9.80 Å². The van der Waals surface area contributed by atoms with Gasteiger partial charge in [0.15, 0.2) is 0 Å². The summed E-state index contributed by atoms with van der Waals surface area (Å²) in [6.45, 7) is 3.38. The van der Waals surface area contributed by atoms with Crippen molar-refractivity contribution >= 4 is 11.9 Å². The van der Waals surface area contributed by atoms with Crippen molar-refractivity contribution in [3.8, 4) is 0 Å². The molecule has 2 saturated heterocycles. The van der Waals surface area contributed by atoms with E-state index in [0.717, 1.165) is 77.4 Å². The van der Waals surface area contributed by atoms with Crippen LogP contribution in [0.15, 0.2) is 30.3 Å². The molecular formula is C29H44N2O5. The van der Waals surface area contributed by atoms with Crippen LogP contribution in [0.2, 0.25) is 0 Å². The molecular weight excluding hydrogens is 456 g/mol. The van der Waals surface area contributed by atoms with Crippen LogP contribution in [-0.4, -0.2) is 76.9 Å². The number of cyclic esters (lactones) is 1. The van der Waals surface area contributed by atoms with Gasteiger partial charge in [0, 0.05) is 25.6 Å². The predicted molar refractivity (Wildman–Crippen MR) is 138 cm³/mol. The van der Waals surface area contributed by atoms with Crippen LogP contribution in [0.1, 0.15) is 76.2 Å². The lowest BCUT2D eigenvalue weighted by Gasteiger charge is -2.40. The van der Waals surface area contributed by atoms with Crippen LogP contribution >= 0.6 is 0 Å². The Balaban J connectivity index is 1.40. The van der Waals surface area contributed by atoms with Gasteiger partial charge in [-0.15, -0.1) is 0 Å². The highest BCUT2D eigenvalue weighted by Crippen LogP contribution is 2.39. The molecule has 1 aromatic rings. The van der Waals surface area contributed by atoms with Gasteiger partial charge in [0.05, 0.1) is 11.5 Å². The minimum absolute atomic E-state index is 0.0849. The molecule has 0 radical (unpaired) electrons. The lowest BCUT2D eigenvalue weighted by Crippen LogP contribution is -2.45. The van der Waals surface area contributed by atoms with Crippen LogP contribution in [0.3, 0.4) is 0 Å². The van der Waals surface area contributed by atoms with E-state index < -0.39 is 17.6 Å². The van der Waals surface area contributed by atoms with Crippen molar-refractivity contribution in [3.63, 3.8) is 0 Å². The maximum absolute atomic E-state index is 13.3. The first-order chi connectivity index (χ1) is 17.5. The Morgan fingerprint density at radius 2 is 1.58 bits per heavy atom.